The van der Waals surface area contributed by atoms with Crippen molar-refractivity contribution >= 4 is 23.4 Å². The van der Waals surface area contributed by atoms with Gasteiger partial charge in [0.1, 0.15) is 0 Å². The fraction of sp³-hybridized carbons (Fsp3) is 0.429. The zero-order chi connectivity index (χ0) is 24.3. The number of nitrogens with zero attached hydrogens (tertiary/aromatic N) is 2. The molecule has 1 heterocycles. The van der Waals surface area contributed by atoms with Crippen molar-refractivity contribution in [2.45, 2.75) is 36.0 Å². The van der Waals surface area contributed by atoms with Crippen LogP contribution in [0.2, 0.25) is 5.02 Å². The zero-order valence-corrected chi connectivity index (χ0v) is 14.7. The highest BCUT2D eigenvalue weighted by Crippen LogP contribution is 2.52. The van der Waals surface area contributed by atoms with Gasteiger partial charge >= 0.3 is 36.0 Å². The van der Waals surface area contributed by atoms with Crippen LogP contribution in [0.15, 0.2) is 34.3 Å². The highest BCUT2D eigenvalue weighted by atomic mass is 35.5. The van der Waals surface area contributed by atoms with Gasteiger partial charge in [0.15, 0.2) is 0 Å². The first-order valence-electron chi connectivity index (χ1n) is 7.27. The summed E-state index contributed by atoms with van der Waals surface area (Å²) >= 11 is 5.47. The molecule has 0 saturated carbocycles. The van der Waals surface area contributed by atoms with E-state index in [2.05, 4.69) is 9.73 Å². The van der Waals surface area contributed by atoms with Crippen LogP contribution in [0.3, 0.4) is 0 Å². The Bertz CT molecular complexity index is 900. The van der Waals surface area contributed by atoms with Gasteiger partial charge in [0.2, 0.25) is 5.90 Å². The number of benzene rings is 1. The Hall–Kier alpha value is -2.26. The molecule has 0 aromatic heterocycles. The minimum Gasteiger partial charge on any atom is -0.418 e. The standard InChI is InChI=1S/C14H4ClF13N2O/c15-6-3-1-2-5(4-6)7-29-11(13(23,24)25,14(26,27)28)30-8(31-7)9(16,17)10(18,19)12(20,21)22/h1-4H. The first-order chi connectivity index (χ1) is 13.7. The maximum absolute atomic E-state index is 13.9. The van der Waals surface area contributed by atoms with E-state index >= 15 is 0 Å². The Kier molecular flexibility index (Phi) is 5.75. The van der Waals surface area contributed by atoms with Crippen LogP contribution in [0, 0.1) is 0 Å². The molecule has 0 amide bonds. The van der Waals surface area contributed by atoms with Crippen LogP contribution in [0.5, 0.6) is 0 Å². The number of hydrogen-bond donors (Lipinski definition) is 0. The predicted octanol–water partition coefficient (Wildman–Crippen LogP) is 6.17. The van der Waals surface area contributed by atoms with Crippen molar-refractivity contribution in [1.82, 2.24) is 0 Å². The SMILES string of the molecule is FC(F)(F)C(F)(F)C(F)(F)C1=NC(C(F)(F)F)(C(F)(F)F)N=C(c2cccc(Cl)c2)O1. The molecular weight excluding hydrogens is 495 g/mol. The van der Waals surface area contributed by atoms with Crippen LogP contribution in [0.25, 0.3) is 0 Å². The maximum Gasteiger partial charge on any atom is 0.460 e. The van der Waals surface area contributed by atoms with E-state index in [0.29, 0.717) is 12.1 Å². The molecule has 1 aliphatic heterocycles. The minimum absolute atomic E-state index is 0.412. The molecule has 3 nitrogen and oxygen atoms in total. The molecule has 0 saturated heterocycles. The first-order valence-corrected chi connectivity index (χ1v) is 7.65. The molecule has 0 bridgehead atoms. The monoisotopic (exact) mass is 498 g/mol. The van der Waals surface area contributed by atoms with Gasteiger partial charge in [-0.1, -0.05) is 17.7 Å². The lowest BCUT2D eigenvalue weighted by Gasteiger charge is -2.36. The van der Waals surface area contributed by atoms with Gasteiger partial charge in [0, 0.05) is 10.6 Å². The topological polar surface area (TPSA) is 34.0 Å². The second-order valence-electron chi connectivity index (χ2n) is 5.76. The number of ether oxygens (including phenoxy) is 1. The molecule has 0 radical (unpaired) electrons. The van der Waals surface area contributed by atoms with Gasteiger partial charge in [0.05, 0.1) is 0 Å². The summed E-state index contributed by atoms with van der Waals surface area (Å²) in [6, 6.07) is 3.02. The maximum atomic E-state index is 13.9. The third-order valence-corrected chi connectivity index (χ3v) is 3.84. The molecule has 1 aromatic rings. The molecule has 0 atom stereocenters. The second kappa shape index (κ2) is 7.13. The smallest absolute Gasteiger partial charge is 0.418 e. The number of rotatable bonds is 3. The molecule has 174 valence electrons. The van der Waals surface area contributed by atoms with Crippen LogP contribution in [0.4, 0.5) is 57.1 Å². The average molecular weight is 499 g/mol. The molecule has 0 unspecified atom stereocenters. The van der Waals surface area contributed by atoms with Crippen molar-refractivity contribution in [3.8, 4) is 0 Å². The van der Waals surface area contributed by atoms with E-state index < -0.39 is 58.4 Å². The van der Waals surface area contributed by atoms with Crippen LogP contribution >= 0.6 is 11.6 Å². The Balaban J connectivity index is 2.86. The molecule has 0 N–H and O–H groups in total. The van der Waals surface area contributed by atoms with Gasteiger partial charge in [-0.05, 0) is 18.2 Å². The summed E-state index contributed by atoms with van der Waals surface area (Å²) < 4.78 is 175. The lowest BCUT2D eigenvalue weighted by atomic mass is 10.1. The van der Waals surface area contributed by atoms with Gasteiger partial charge < -0.3 is 4.74 Å². The number of alkyl halides is 13. The molecule has 0 aliphatic carbocycles. The van der Waals surface area contributed by atoms with Crippen molar-refractivity contribution < 1.29 is 61.8 Å². The predicted molar refractivity (Wildman–Crippen MR) is 77.3 cm³/mol. The van der Waals surface area contributed by atoms with Crippen LogP contribution in [0.1, 0.15) is 5.56 Å². The summed E-state index contributed by atoms with van der Waals surface area (Å²) in [7, 11) is 0. The van der Waals surface area contributed by atoms with E-state index in [-0.39, 0.29) is 0 Å². The van der Waals surface area contributed by atoms with Gasteiger partial charge in [0.25, 0.3) is 5.90 Å². The molecule has 2 rings (SSSR count). The molecule has 1 aliphatic rings. The summed E-state index contributed by atoms with van der Waals surface area (Å²) in [5, 5.41) is -0.412. The van der Waals surface area contributed by atoms with Crippen molar-refractivity contribution in [2.75, 3.05) is 0 Å². The number of halogens is 14. The van der Waals surface area contributed by atoms with Crippen molar-refractivity contribution in [2.24, 2.45) is 9.98 Å². The Labute approximate surface area is 167 Å². The summed E-state index contributed by atoms with van der Waals surface area (Å²) in [5.41, 5.74) is -6.86. The summed E-state index contributed by atoms with van der Waals surface area (Å²) in [6.45, 7) is 0. The van der Waals surface area contributed by atoms with E-state index in [1.807, 2.05) is 0 Å². The van der Waals surface area contributed by atoms with Crippen molar-refractivity contribution in [3.05, 3.63) is 34.9 Å². The Morgan fingerprint density at radius 3 is 1.71 bits per heavy atom. The third-order valence-electron chi connectivity index (χ3n) is 3.60. The van der Waals surface area contributed by atoms with Crippen LogP contribution in [-0.4, -0.2) is 47.8 Å². The fourth-order valence-electron chi connectivity index (χ4n) is 2.06. The summed E-state index contributed by atoms with van der Waals surface area (Å²) in [5.74, 6) is -19.5. The number of hydrogen-bond acceptors (Lipinski definition) is 3. The molecular formula is C14H4ClF13N2O. The van der Waals surface area contributed by atoms with Gasteiger partial charge in [-0.15, -0.1) is 0 Å². The van der Waals surface area contributed by atoms with E-state index in [9.17, 15) is 57.1 Å². The zero-order valence-electron chi connectivity index (χ0n) is 13.9. The second-order valence-corrected chi connectivity index (χ2v) is 6.20. The van der Waals surface area contributed by atoms with Crippen LogP contribution in [-0.2, 0) is 4.74 Å². The highest BCUT2D eigenvalue weighted by Gasteiger charge is 2.79. The Morgan fingerprint density at radius 1 is 0.774 bits per heavy atom. The first kappa shape index (κ1) is 25.0. The lowest BCUT2D eigenvalue weighted by molar-refractivity contribution is -0.339. The third kappa shape index (κ3) is 4.01. The highest BCUT2D eigenvalue weighted by molar-refractivity contribution is 6.31. The molecule has 0 fully saturated rings. The van der Waals surface area contributed by atoms with E-state index in [4.69, 9.17) is 11.6 Å². The van der Waals surface area contributed by atoms with Gasteiger partial charge in [-0.3, -0.25) is 0 Å². The molecule has 17 heteroatoms. The summed E-state index contributed by atoms with van der Waals surface area (Å²) in [6.07, 6.45) is -20.5. The normalized spacial score (nSPS) is 18.3. The molecule has 1 aromatic carbocycles. The molecule has 0 spiro atoms. The quantitative estimate of drug-likeness (QED) is 0.459. The van der Waals surface area contributed by atoms with E-state index in [1.165, 1.54) is 4.99 Å². The lowest BCUT2D eigenvalue weighted by Crippen LogP contribution is -2.62. The Morgan fingerprint density at radius 2 is 1.29 bits per heavy atom. The fourth-order valence-corrected chi connectivity index (χ4v) is 2.25. The largest absolute Gasteiger partial charge is 0.460 e. The van der Waals surface area contributed by atoms with Crippen molar-refractivity contribution in [1.29, 1.82) is 0 Å². The van der Waals surface area contributed by atoms with E-state index in [0.717, 1.165) is 12.1 Å². The van der Waals surface area contributed by atoms with Crippen molar-refractivity contribution in [3.63, 3.8) is 0 Å². The molecule has 31 heavy (non-hydrogen) atoms. The van der Waals surface area contributed by atoms with Gasteiger partial charge in [-0.25, -0.2) is 9.98 Å². The summed E-state index contributed by atoms with van der Waals surface area (Å²) in [4.78, 5) is 3.51. The van der Waals surface area contributed by atoms with Gasteiger partial charge in [-0.2, -0.15) is 57.1 Å². The average Bonchev–Trinajstić information content (AvgIpc) is 2.58. The number of aliphatic imine (C=N–C) groups is 2. The van der Waals surface area contributed by atoms with Crippen LogP contribution < -0.4 is 0 Å². The van der Waals surface area contributed by atoms with E-state index in [1.54, 1.807) is 0 Å². The minimum atomic E-state index is -7.17.